The predicted octanol–water partition coefficient (Wildman–Crippen LogP) is -2.28. The van der Waals surface area contributed by atoms with Crippen molar-refractivity contribution in [3.63, 3.8) is 0 Å². The summed E-state index contributed by atoms with van der Waals surface area (Å²) in [5.41, 5.74) is 0. The van der Waals surface area contributed by atoms with Crippen LogP contribution in [0.4, 0.5) is 0 Å². The summed E-state index contributed by atoms with van der Waals surface area (Å²) >= 11 is 0. The van der Waals surface area contributed by atoms with Crippen molar-refractivity contribution in [2.45, 2.75) is 19.8 Å². The van der Waals surface area contributed by atoms with Crippen molar-refractivity contribution in [1.29, 1.82) is 0 Å². The van der Waals surface area contributed by atoms with Crippen molar-refractivity contribution in [2.75, 3.05) is 20.8 Å². The van der Waals surface area contributed by atoms with Crippen molar-refractivity contribution in [3.05, 3.63) is 0 Å². The van der Waals surface area contributed by atoms with Gasteiger partial charge in [0.15, 0.2) is 0 Å². The summed E-state index contributed by atoms with van der Waals surface area (Å²) in [6.07, 6.45) is 1.86. The van der Waals surface area contributed by atoms with E-state index in [0.717, 1.165) is 27.1 Å². The molecule has 0 saturated carbocycles. The molecule has 0 unspecified atom stereocenters. The molecule has 0 fully saturated rings. The number of unbranched alkanes of at least 4 members (excludes halogenated alkanes) is 1. The first-order chi connectivity index (χ1) is 4.41. The first-order valence-electron chi connectivity index (χ1n) is 2.81. The SMILES string of the molecule is CCCC[O-].C[O-].C[O-].[Al+3]. The van der Waals surface area contributed by atoms with E-state index in [4.69, 9.17) is 10.2 Å². The molecule has 0 aromatic heterocycles. The molecule has 0 bridgehead atoms. The summed E-state index contributed by atoms with van der Waals surface area (Å²) in [5, 5.41) is 26.0. The average molecular weight is 162 g/mol. The second kappa shape index (κ2) is 57.2. The van der Waals surface area contributed by atoms with E-state index >= 15 is 0 Å². The summed E-state index contributed by atoms with van der Waals surface area (Å²) in [6.45, 7) is 2.11. The molecule has 0 rings (SSSR count). The Kier molecular flexibility index (Phi) is 128. The molecule has 0 spiro atoms. The summed E-state index contributed by atoms with van der Waals surface area (Å²) in [5.74, 6) is 0. The van der Waals surface area contributed by atoms with Crippen LogP contribution in [0.1, 0.15) is 19.8 Å². The van der Waals surface area contributed by atoms with E-state index in [1.54, 1.807) is 0 Å². The molecule has 0 N–H and O–H groups in total. The standard InChI is InChI=1S/C4H9O.2CH3O.Al/c1-2-3-4-5;2*1-2;/h2-4H2,1H3;2*1H3;/q3*-1;+3. The molecule has 0 aromatic carbocycles. The van der Waals surface area contributed by atoms with Gasteiger partial charge in [-0.2, -0.15) is 14.2 Å². The Bertz CT molecular complexity index is 20.5. The van der Waals surface area contributed by atoms with E-state index in [0.29, 0.717) is 0 Å². The summed E-state index contributed by atoms with van der Waals surface area (Å²) < 4.78 is 0. The van der Waals surface area contributed by atoms with Crippen molar-refractivity contribution < 1.29 is 15.3 Å². The fourth-order valence-electron chi connectivity index (χ4n) is 0.144. The van der Waals surface area contributed by atoms with Crippen LogP contribution in [0.5, 0.6) is 0 Å². The van der Waals surface area contributed by atoms with Gasteiger partial charge >= 0.3 is 17.4 Å². The molecular formula is C6H15AlO3. The first kappa shape index (κ1) is 22.4. The number of rotatable bonds is 2. The monoisotopic (exact) mass is 162 g/mol. The Morgan fingerprint density at radius 3 is 1.30 bits per heavy atom. The second-order valence-corrected chi connectivity index (χ2v) is 1.06. The molecule has 10 heavy (non-hydrogen) atoms. The maximum Gasteiger partial charge on any atom is 3.00 e. The van der Waals surface area contributed by atoms with Gasteiger partial charge in [-0.05, 0) is 0 Å². The average Bonchev–Trinajstić information content (AvgIpc) is 1.98. The molecule has 0 aliphatic heterocycles. The molecule has 0 aliphatic carbocycles. The van der Waals surface area contributed by atoms with Crippen molar-refractivity contribution in [2.24, 2.45) is 0 Å². The molecule has 0 aliphatic rings. The van der Waals surface area contributed by atoms with Gasteiger partial charge in [0.05, 0.1) is 0 Å². The largest absolute Gasteiger partial charge is 3.00 e. The van der Waals surface area contributed by atoms with E-state index in [1.165, 1.54) is 0 Å². The van der Waals surface area contributed by atoms with Gasteiger partial charge in [-0.3, -0.25) is 0 Å². The van der Waals surface area contributed by atoms with Gasteiger partial charge in [-0.15, -0.1) is 6.61 Å². The first-order valence-corrected chi connectivity index (χ1v) is 2.81. The van der Waals surface area contributed by atoms with E-state index in [-0.39, 0.29) is 24.0 Å². The maximum atomic E-state index is 9.53. The summed E-state index contributed by atoms with van der Waals surface area (Å²) in [6, 6.07) is 0. The number of hydrogen-bond acceptors (Lipinski definition) is 3. The van der Waals surface area contributed by atoms with E-state index in [2.05, 4.69) is 0 Å². The molecule has 0 heterocycles. The molecule has 0 atom stereocenters. The van der Waals surface area contributed by atoms with Crippen molar-refractivity contribution >= 4 is 17.4 Å². The fraction of sp³-hybridized carbons (Fsp3) is 1.00. The van der Waals surface area contributed by atoms with Crippen LogP contribution in [0, 0.1) is 0 Å². The van der Waals surface area contributed by atoms with Crippen LogP contribution in [0.2, 0.25) is 0 Å². The second-order valence-electron chi connectivity index (χ2n) is 1.06. The smallest absolute Gasteiger partial charge is 0.857 e. The molecular weight excluding hydrogens is 147 g/mol. The van der Waals surface area contributed by atoms with Crippen LogP contribution in [0.3, 0.4) is 0 Å². The van der Waals surface area contributed by atoms with E-state index in [1.807, 2.05) is 6.92 Å². The van der Waals surface area contributed by atoms with Crippen LogP contribution in [0.15, 0.2) is 0 Å². The zero-order chi connectivity index (χ0) is 8.12. The molecule has 0 amide bonds. The Balaban J connectivity index is -0.0000000315. The minimum Gasteiger partial charge on any atom is -0.857 e. The molecule has 0 saturated heterocycles. The Morgan fingerprint density at radius 1 is 1.00 bits per heavy atom. The minimum atomic E-state index is 0. The maximum absolute atomic E-state index is 9.53. The fourth-order valence-corrected chi connectivity index (χ4v) is 0.144. The molecule has 4 heteroatoms. The third-order valence-corrected chi connectivity index (χ3v) is 0.498. The van der Waals surface area contributed by atoms with Gasteiger partial charge in [0, 0.05) is 0 Å². The zero-order valence-corrected chi connectivity index (χ0v) is 8.08. The molecule has 0 aromatic rings. The van der Waals surface area contributed by atoms with Crippen LogP contribution < -0.4 is 15.3 Å². The van der Waals surface area contributed by atoms with E-state index < -0.39 is 0 Å². The minimum absolute atomic E-state index is 0. The van der Waals surface area contributed by atoms with E-state index in [9.17, 15) is 5.11 Å². The van der Waals surface area contributed by atoms with Gasteiger partial charge in [0.25, 0.3) is 0 Å². The van der Waals surface area contributed by atoms with Crippen molar-refractivity contribution in [1.82, 2.24) is 0 Å². The Morgan fingerprint density at radius 2 is 1.30 bits per heavy atom. The zero-order valence-electron chi connectivity index (χ0n) is 6.92. The van der Waals surface area contributed by atoms with Gasteiger partial charge in [-0.1, -0.05) is 19.8 Å². The van der Waals surface area contributed by atoms with Gasteiger partial charge in [-0.25, -0.2) is 0 Å². The Labute approximate surface area is 73.8 Å². The van der Waals surface area contributed by atoms with Crippen LogP contribution in [0.25, 0.3) is 0 Å². The number of hydrogen-bond donors (Lipinski definition) is 0. The Hall–Kier alpha value is 0.412. The van der Waals surface area contributed by atoms with Gasteiger partial charge < -0.3 is 15.3 Å². The van der Waals surface area contributed by atoms with Gasteiger partial charge in [0.2, 0.25) is 0 Å². The van der Waals surface area contributed by atoms with Crippen LogP contribution in [-0.2, 0) is 0 Å². The summed E-state index contributed by atoms with van der Waals surface area (Å²) in [7, 11) is 1.50. The molecule has 3 nitrogen and oxygen atoms in total. The quantitative estimate of drug-likeness (QED) is 0.429. The normalized spacial score (nSPS) is 5.40. The van der Waals surface area contributed by atoms with Crippen molar-refractivity contribution in [3.8, 4) is 0 Å². The topological polar surface area (TPSA) is 69.2 Å². The third-order valence-electron chi connectivity index (χ3n) is 0.498. The summed E-state index contributed by atoms with van der Waals surface area (Å²) in [4.78, 5) is 0. The third kappa shape index (κ3) is 79.4. The van der Waals surface area contributed by atoms with Crippen LogP contribution >= 0.6 is 0 Å². The predicted molar refractivity (Wildman–Crippen MR) is 37.4 cm³/mol. The van der Waals surface area contributed by atoms with Crippen LogP contribution in [-0.4, -0.2) is 38.2 Å². The molecule has 60 valence electrons. The van der Waals surface area contributed by atoms with Gasteiger partial charge in [0.1, 0.15) is 0 Å². The molecule has 0 radical (unpaired) electrons.